The van der Waals surface area contributed by atoms with Crippen molar-refractivity contribution in [2.24, 2.45) is 5.73 Å². The summed E-state index contributed by atoms with van der Waals surface area (Å²) in [6.45, 7) is 0.936. The maximum atomic E-state index is 13.8. The van der Waals surface area contributed by atoms with Crippen LogP contribution in [-0.2, 0) is 13.0 Å². The van der Waals surface area contributed by atoms with Gasteiger partial charge in [0.05, 0.1) is 19.3 Å². The highest BCUT2D eigenvalue weighted by Gasteiger charge is 2.24. The van der Waals surface area contributed by atoms with Crippen LogP contribution < -0.4 is 10.5 Å². The van der Waals surface area contributed by atoms with Crippen molar-refractivity contribution in [2.45, 2.75) is 13.0 Å². The topological polar surface area (TPSA) is 84.2 Å². The third-order valence-corrected chi connectivity index (χ3v) is 3.67. The summed E-state index contributed by atoms with van der Waals surface area (Å²) in [5.41, 5.74) is 8.43. The molecule has 0 aliphatic carbocycles. The molecule has 7 heteroatoms. The number of carbonyl (C=O) groups is 1. The van der Waals surface area contributed by atoms with Crippen molar-refractivity contribution in [1.82, 2.24) is 15.1 Å². The highest BCUT2D eigenvalue weighted by molar-refractivity contribution is 5.73. The van der Waals surface area contributed by atoms with Crippen molar-refractivity contribution in [1.29, 1.82) is 0 Å². The van der Waals surface area contributed by atoms with E-state index in [4.69, 9.17) is 10.5 Å². The van der Waals surface area contributed by atoms with Crippen molar-refractivity contribution in [2.75, 3.05) is 13.7 Å². The summed E-state index contributed by atoms with van der Waals surface area (Å²) in [6.07, 6.45) is 0.657. The van der Waals surface area contributed by atoms with E-state index < -0.39 is 11.8 Å². The van der Waals surface area contributed by atoms with E-state index in [0.717, 1.165) is 11.3 Å². The molecule has 0 spiro atoms. The van der Waals surface area contributed by atoms with Crippen LogP contribution in [-0.4, -0.2) is 34.8 Å². The third kappa shape index (κ3) is 2.31. The van der Waals surface area contributed by atoms with Gasteiger partial charge in [-0.05, 0) is 18.2 Å². The van der Waals surface area contributed by atoms with Crippen molar-refractivity contribution >= 4 is 6.03 Å². The number of nitrogens with two attached hydrogens (primary N) is 1. The molecule has 0 fully saturated rings. The van der Waals surface area contributed by atoms with Crippen molar-refractivity contribution < 1.29 is 13.9 Å². The first-order valence-electron chi connectivity index (χ1n) is 6.54. The largest absolute Gasteiger partial charge is 0.494 e. The number of amides is 2. The van der Waals surface area contributed by atoms with Crippen molar-refractivity contribution in [3.8, 4) is 17.0 Å². The fraction of sp³-hybridized carbons (Fsp3) is 0.286. The van der Waals surface area contributed by atoms with Crippen LogP contribution in [0.3, 0.4) is 0 Å². The molecule has 1 aliphatic rings. The van der Waals surface area contributed by atoms with Gasteiger partial charge in [-0.3, -0.25) is 5.10 Å². The first-order chi connectivity index (χ1) is 10.1. The maximum absolute atomic E-state index is 13.8. The molecule has 0 atom stereocenters. The number of benzene rings is 1. The first-order valence-corrected chi connectivity index (χ1v) is 6.54. The highest BCUT2D eigenvalue weighted by Crippen LogP contribution is 2.30. The van der Waals surface area contributed by atoms with Crippen molar-refractivity contribution in [3.63, 3.8) is 0 Å². The maximum Gasteiger partial charge on any atom is 0.315 e. The Kier molecular flexibility index (Phi) is 3.25. The number of nitrogens with zero attached hydrogens (tertiary/aromatic N) is 2. The van der Waals surface area contributed by atoms with Crippen LogP contribution in [0.2, 0.25) is 0 Å². The molecule has 21 heavy (non-hydrogen) atoms. The highest BCUT2D eigenvalue weighted by atomic mass is 19.1. The monoisotopic (exact) mass is 290 g/mol. The zero-order valence-corrected chi connectivity index (χ0v) is 11.5. The molecule has 0 saturated heterocycles. The number of aromatic nitrogens is 2. The molecular formula is C14H15FN4O2. The van der Waals surface area contributed by atoms with Crippen LogP contribution in [0.25, 0.3) is 11.3 Å². The van der Waals surface area contributed by atoms with Crippen molar-refractivity contribution in [3.05, 3.63) is 35.3 Å². The molecule has 1 aromatic carbocycles. The molecule has 3 N–H and O–H groups in total. The Hall–Kier alpha value is -2.57. The van der Waals surface area contributed by atoms with Crippen LogP contribution in [0.1, 0.15) is 11.3 Å². The van der Waals surface area contributed by atoms with E-state index in [1.54, 1.807) is 17.0 Å². The van der Waals surface area contributed by atoms with E-state index >= 15 is 0 Å². The van der Waals surface area contributed by atoms with E-state index in [9.17, 15) is 9.18 Å². The van der Waals surface area contributed by atoms with Gasteiger partial charge in [0, 0.05) is 29.8 Å². The zero-order valence-electron chi connectivity index (χ0n) is 11.5. The van der Waals surface area contributed by atoms with Gasteiger partial charge in [0.2, 0.25) is 0 Å². The van der Waals surface area contributed by atoms with E-state index in [-0.39, 0.29) is 5.75 Å². The number of aromatic amines is 1. The number of urea groups is 1. The molecular weight excluding hydrogens is 275 g/mol. The summed E-state index contributed by atoms with van der Waals surface area (Å²) >= 11 is 0. The summed E-state index contributed by atoms with van der Waals surface area (Å²) < 4.78 is 18.7. The van der Waals surface area contributed by atoms with E-state index in [1.165, 1.54) is 13.2 Å². The summed E-state index contributed by atoms with van der Waals surface area (Å²) in [7, 11) is 1.42. The number of primary amides is 1. The first kappa shape index (κ1) is 13.4. The Balaban J connectivity index is 1.99. The molecule has 1 aromatic heterocycles. The molecule has 0 radical (unpaired) electrons. The number of rotatable bonds is 2. The van der Waals surface area contributed by atoms with E-state index in [2.05, 4.69) is 10.2 Å². The Morgan fingerprint density at radius 2 is 2.33 bits per heavy atom. The van der Waals surface area contributed by atoms with Crippen LogP contribution in [0, 0.1) is 5.82 Å². The summed E-state index contributed by atoms with van der Waals surface area (Å²) in [5.74, 6) is -0.267. The minimum absolute atomic E-state index is 0.182. The lowest BCUT2D eigenvalue weighted by Gasteiger charge is -2.25. The SMILES string of the molecule is COc1ccc(-c2n[nH]c3c2CN(C(N)=O)CC3)cc1F. The molecule has 2 heterocycles. The fourth-order valence-corrected chi connectivity index (χ4v) is 2.54. The van der Waals surface area contributed by atoms with Gasteiger partial charge in [-0.25, -0.2) is 9.18 Å². The standard InChI is InChI=1S/C14H15FN4O2/c1-21-12-3-2-8(6-10(12)15)13-9-7-19(14(16)20)5-4-11(9)17-18-13/h2-3,6H,4-5,7H2,1H3,(H2,16,20)(H,17,18). The number of nitrogens with one attached hydrogen (secondary N) is 1. The van der Waals surface area contributed by atoms with Gasteiger partial charge in [0.1, 0.15) is 0 Å². The number of methoxy groups -OCH3 is 1. The molecule has 6 nitrogen and oxygen atoms in total. The van der Waals surface area contributed by atoms with Crippen LogP contribution in [0.4, 0.5) is 9.18 Å². The van der Waals surface area contributed by atoms with Crippen LogP contribution in [0.15, 0.2) is 18.2 Å². The molecule has 110 valence electrons. The zero-order chi connectivity index (χ0) is 15.0. The minimum Gasteiger partial charge on any atom is -0.494 e. The lowest BCUT2D eigenvalue weighted by atomic mass is 10.0. The molecule has 3 rings (SSSR count). The number of H-pyrrole nitrogens is 1. The number of hydrogen-bond acceptors (Lipinski definition) is 3. The average Bonchev–Trinajstić information content (AvgIpc) is 2.90. The molecule has 1 aliphatic heterocycles. The number of hydrogen-bond donors (Lipinski definition) is 2. The third-order valence-electron chi connectivity index (χ3n) is 3.67. The quantitative estimate of drug-likeness (QED) is 0.882. The average molecular weight is 290 g/mol. The van der Waals surface area contributed by atoms with Gasteiger partial charge in [-0.2, -0.15) is 5.10 Å². The second kappa shape index (κ2) is 5.08. The molecule has 0 saturated carbocycles. The molecule has 0 bridgehead atoms. The molecule has 0 unspecified atom stereocenters. The van der Waals surface area contributed by atoms with Gasteiger partial charge in [0.15, 0.2) is 11.6 Å². The predicted molar refractivity (Wildman–Crippen MR) is 74.2 cm³/mol. The number of ether oxygens (including phenoxy) is 1. The normalized spacial score (nSPS) is 13.9. The number of carbonyl (C=O) groups excluding carboxylic acids is 1. The van der Waals surface area contributed by atoms with Gasteiger partial charge in [0.25, 0.3) is 0 Å². The van der Waals surface area contributed by atoms with Gasteiger partial charge < -0.3 is 15.4 Å². The lowest BCUT2D eigenvalue weighted by Crippen LogP contribution is -2.39. The summed E-state index contributed by atoms with van der Waals surface area (Å²) in [4.78, 5) is 12.9. The Morgan fingerprint density at radius 3 is 3.00 bits per heavy atom. The minimum atomic E-state index is -0.464. The van der Waals surface area contributed by atoms with Gasteiger partial charge in [-0.15, -0.1) is 0 Å². The Bertz CT molecular complexity index is 698. The summed E-state index contributed by atoms with van der Waals surface area (Å²) in [6, 6.07) is 4.20. The van der Waals surface area contributed by atoms with E-state index in [0.29, 0.717) is 30.8 Å². The predicted octanol–water partition coefficient (Wildman–Crippen LogP) is 1.66. The second-order valence-electron chi connectivity index (χ2n) is 4.89. The van der Waals surface area contributed by atoms with Gasteiger partial charge >= 0.3 is 6.03 Å². The van der Waals surface area contributed by atoms with Crippen LogP contribution >= 0.6 is 0 Å². The lowest BCUT2D eigenvalue weighted by molar-refractivity contribution is 0.202. The van der Waals surface area contributed by atoms with Gasteiger partial charge in [-0.1, -0.05) is 0 Å². The second-order valence-corrected chi connectivity index (χ2v) is 4.89. The fourth-order valence-electron chi connectivity index (χ4n) is 2.54. The Morgan fingerprint density at radius 1 is 1.52 bits per heavy atom. The van der Waals surface area contributed by atoms with Crippen LogP contribution in [0.5, 0.6) is 5.75 Å². The Labute approximate surface area is 120 Å². The molecule has 2 aromatic rings. The van der Waals surface area contributed by atoms with E-state index in [1.807, 2.05) is 0 Å². The number of fused-ring (bicyclic) bond motifs is 1. The smallest absolute Gasteiger partial charge is 0.315 e. The number of halogens is 1. The molecule has 2 amide bonds. The summed E-state index contributed by atoms with van der Waals surface area (Å²) in [5, 5.41) is 7.20.